The number of hydrogen-bond acceptors (Lipinski definition) is 4. The fourth-order valence-electron chi connectivity index (χ4n) is 2.27. The number of nitrogens with one attached hydrogen (secondary N) is 3. The van der Waals surface area contributed by atoms with Crippen molar-refractivity contribution in [3.63, 3.8) is 0 Å². The molecule has 0 saturated carbocycles. The highest BCUT2D eigenvalue weighted by molar-refractivity contribution is 7.88. The molecule has 0 fully saturated rings. The number of rotatable bonds is 6. The second-order valence-corrected chi connectivity index (χ2v) is 6.72. The molecule has 1 aliphatic heterocycles. The van der Waals surface area contributed by atoms with E-state index in [-0.39, 0.29) is 18.4 Å². The fourth-order valence-corrected chi connectivity index (χ4v) is 2.75. The van der Waals surface area contributed by atoms with Crippen molar-refractivity contribution in [1.29, 1.82) is 0 Å². The van der Waals surface area contributed by atoms with E-state index >= 15 is 0 Å². The number of amides is 1. The maximum Gasteiger partial charge on any atom is 0.220 e. The zero-order chi connectivity index (χ0) is 14.6. The molecule has 1 aromatic rings. The van der Waals surface area contributed by atoms with Gasteiger partial charge < -0.3 is 10.6 Å². The van der Waals surface area contributed by atoms with Crippen LogP contribution in [0.3, 0.4) is 0 Å². The Morgan fingerprint density at radius 2 is 2.10 bits per heavy atom. The summed E-state index contributed by atoms with van der Waals surface area (Å²) in [5, 5.41) is 5.99. The van der Waals surface area contributed by atoms with Crippen LogP contribution in [0.2, 0.25) is 0 Å². The van der Waals surface area contributed by atoms with Gasteiger partial charge in [-0.25, -0.2) is 13.1 Å². The molecule has 1 unspecified atom stereocenters. The van der Waals surface area contributed by atoms with Gasteiger partial charge in [-0.2, -0.15) is 0 Å². The van der Waals surface area contributed by atoms with Crippen molar-refractivity contribution in [1.82, 2.24) is 10.0 Å². The van der Waals surface area contributed by atoms with Crippen molar-refractivity contribution >= 4 is 21.6 Å². The van der Waals surface area contributed by atoms with Crippen LogP contribution in [-0.2, 0) is 14.8 Å². The van der Waals surface area contributed by atoms with Crippen LogP contribution < -0.4 is 15.4 Å². The van der Waals surface area contributed by atoms with Crippen molar-refractivity contribution in [2.75, 3.05) is 31.2 Å². The van der Waals surface area contributed by atoms with E-state index in [0.717, 1.165) is 24.1 Å². The van der Waals surface area contributed by atoms with Crippen LogP contribution in [0.5, 0.6) is 0 Å². The predicted octanol–water partition coefficient (Wildman–Crippen LogP) is 0.251. The Hall–Kier alpha value is -1.60. The number of benzene rings is 1. The summed E-state index contributed by atoms with van der Waals surface area (Å²) in [6, 6.07) is 7.96. The summed E-state index contributed by atoms with van der Waals surface area (Å²) < 4.78 is 24.1. The highest BCUT2D eigenvalue weighted by atomic mass is 32.2. The van der Waals surface area contributed by atoms with Crippen LogP contribution in [0.4, 0.5) is 5.69 Å². The molecule has 0 saturated heterocycles. The topological polar surface area (TPSA) is 87.3 Å². The van der Waals surface area contributed by atoms with Gasteiger partial charge in [-0.05, 0) is 11.6 Å². The lowest BCUT2D eigenvalue weighted by Crippen LogP contribution is -2.34. The molecule has 0 aliphatic carbocycles. The number of carbonyl (C=O) groups is 1. The summed E-state index contributed by atoms with van der Waals surface area (Å²) >= 11 is 0. The third kappa shape index (κ3) is 4.21. The molecule has 6 nitrogen and oxygen atoms in total. The van der Waals surface area contributed by atoms with Crippen LogP contribution in [0.15, 0.2) is 24.3 Å². The molecule has 0 aromatic heterocycles. The Balaban J connectivity index is 1.76. The maximum atomic E-state index is 11.8. The minimum atomic E-state index is -3.20. The molecule has 1 atom stereocenters. The van der Waals surface area contributed by atoms with Crippen molar-refractivity contribution in [2.45, 2.75) is 12.3 Å². The Kier molecular flexibility index (Phi) is 4.61. The van der Waals surface area contributed by atoms with Gasteiger partial charge in [0.1, 0.15) is 0 Å². The van der Waals surface area contributed by atoms with Crippen LogP contribution in [-0.4, -0.2) is 40.2 Å². The molecule has 1 aromatic carbocycles. The van der Waals surface area contributed by atoms with Gasteiger partial charge in [-0.3, -0.25) is 4.79 Å². The normalized spacial score (nSPS) is 17.4. The third-order valence-electron chi connectivity index (χ3n) is 3.18. The van der Waals surface area contributed by atoms with Crippen LogP contribution in [0, 0.1) is 0 Å². The maximum absolute atomic E-state index is 11.8. The number of para-hydroxylation sites is 1. The summed E-state index contributed by atoms with van der Waals surface area (Å²) in [6.45, 7) is 1.27. The Labute approximate surface area is 119 Å². The number of sulfonamides is 1. The van der Waals surface area contributed by atoms with E-state index < -0.39 is 10.0 Å². The van der Waals surface area contributed by atoms with Crippen LogP contribution in [0.1, 0.15) is 17.9 Å². The molecule has 1 heterocycles. The van der Waals surface area contributed by atoms with Crippen molar-refractivity contribution in [2.24, 2.45) is 0 Å². The van der Waals surface area contributed by atoms with Crippen molar-refractivity contribution in [3.05, 3.63) is 29.8 Å². The number of fused-ring (bicyclic) bond motifs is 1. The first-order chi connectivity index (χ1) is 9.46. The summed E-state index contributed by atoms with van der Waals surface area (Å²) in [5.41, 5.74) is 2.25. The van der Waals surface area contributed by atoms with E-state index in [2.05, 4.69) is 15.4 Å². The van der Waals surface area contributed by atoms with E-state index in [1.54, 1.807) is 0 Å². The summed E-state index contributed by atoms with van der Waals surface area (Å²) in [7, 11) is -3.20. The zero-order valence-electron chi connectivity index (χ0n) is 11.3. The molecule has 1 amide bonds. The van der Waals surface area contributed by atoms with Gasteiger partial charge in [0.2, 0.25) is 15.9 Å². The molecule has 110 valence electrons. The average Bonchev–Trinajstić information content (AvgIpc) is 2.77. The first-order valence-corrected chi connectivity index (χ1v) is 8.39. The van der Waals surface area contributed by atoms with Gasteiger partial charge in [-0.1, -0.05) is 18.2 Å². The largest absolute Gasteiger partial charge is 0.384 e. The molecule has 0 radical (unpaired) electrons. The number of carbonyl (C=O) groups excluding carboxylic acids is 1. The Morgan fingerprint density at radius 3 is 2.85 bits per heavy atom. The van der Waals surface area contributed by atoms with E-state index in [1.165, 1.54) is 0 Å². The molecule has 2 rings (SSSR count). The quantitative estimate of drug-likeness (QED) is 0.657. The number of anilines is 1. The van der Waals surface area contributed by atoms with Crippen molar-refractivity contribution < 1.29 is 13.2 Å². The van der Waals surface area contributed by atoms with Gasteiger partial charge in [0, 0.05) is 37.7 Å². The molecule has 0 bridgehead atoms. The van der Waals surface area contributed by atoms with Crippen LogP contribution >= 0.6 is 0 Å². The molecule has 0 spiro atoms. The minimum absolute atomic E-state index is 0.0659. The van der Waals surface area contributed by atoms with Gasteiger partial charge in [-0.15, -0.1) is 0 Å². The Bertz CT molecular complexity index is 586. The molecule has 20 heavy (non-hydrogen) atoms. The van der Waals surface area contributed by atoms with Gasteiger partial charge >= 0.3 is 0 Å². The van der Waals surface area contributed by atoms with Gasteiger partial charge in [0.05, 0.1) is 6.26 Å². The summed E-state index contributed by atoms with van der Waals surface area (Å²) in [6.07, 6.45) is 1.50. The zero-order valence-corrected chi connectivity index (χ0v) is 12.2. The van der Waals surface area contributed by atoms with E-state index in [9.17, 15) is 13.2 Å². The van der Waals surface area contributed by atoms with E-state index in [1.807, 2.05) is 24.3 Å². The lowest BCUT2D eigenvalue weighted by Gasteiger charge is -2.10. The second-order valence-electron chi connectivity index (χ2n) is 4.89. The predicted molar refractivity (Wildman–Crippen MR) is 78.1 cm³/mol. The SMILES string of the molecule is CS(=O)(=O)NCCNC(=O)CC1CNc2ccccc21. The van der Waals surface area contributed by atoms with E-state index in [4.69, 9.17) is 0 Å². The first-order valence-electron chi connectivity index (χ1n) is 6.50. The second kappa shape index (κ2) is 6.23. The monoisotopic (exact) mass is 297 g/mol. The highest BCUT2D eigenvalue weighted by Crippen LogP contribution is 2.32. The number of hydrogen-bond donors (Lipinski definition) is 3. The average molecular weight is 297 g/mol. The Morgan fingerprint density at radius 1 is 1.35 bits per heavy atom. The standard InChI is InChI=1S/C13H19N3O3S/c1-20(18,19)16-7-6-14-13(17)8-10-9-15-12-5-3-2-4-11(10)12/h2-5,10,15-16H,6-9H2,1H3,(H,14,17). The lowest BCUT2D eigenvalue weighted by atomic mass is 9.98. The lowest BCUT2D eigenvalue weighted by molar-refractivity contribution is -0.121. The fraction of sp³-hybridized carbons (Fsp3) is 0.462. The highest BCUT2D eigenvalue weighted by Gasteiger charge is 2.23. The molecular weight excluding hydrogens is 278 g/mol. The smallest absolute Gasteiger partial charge is 0.220 e. The minimum Gasteiger partial charge on any atom is -0.384 e. The molecule has 7 heteroatoms. The third-order valence-corrected chi connectivity index (χ3v) is 3.91. The molecule has 3 N–H and O–H groups in total. The van der Waals surface area contributed by atoms with E-state index in [0.29, 0.717) is 13.0 Å². The van der Waals surface area contributed by atoms with Crippen LogP contribution in [0.25, 0.3) is 0 Å². The molecule has 1 aliphatic rings. The first kappa shape index (κ1) is 14.8. The summed E-state index contributed by atoms with van der Waals surface area (Å²) in [4.78, 5) is 11.8. The van der Waals surface area contributed by atoms with Crippen molar-refractivity contribution in [3.8, 4) is 0 Å². The van der Waals surface area contributed by atoms with Gasteiger partial charge in [0.25, 0.3) is 0 Å². The molecular formula is C13H19N3O3S. The van der Waals surface area contributed by atoms with Gasteiger partial charge in [0.15, 0.2) is 0 Å². The summed E-state index contributed by atoms with van der Waals surface area (Å²) in [5.74, 6) is 0.109.